The predicted octanol–water partition coefficient (Wildman–Crippen LogP) is 4.97. The zero-order chi connectivity index (χ0) is 22.5. The molecule has 0 atom stereocenters. The molecule has 0 bridgehead atoms. The summed E-state index contributed by atoms with van der Waals surface area (Å²) in [6.45, 7) is 2.02. The van der Waals surface area contributed by atoms with E-state index in [1.165, 1.54) is 22.2 Å². The number of anilines is 1. The van der Waals surface area contributed by atoms with Gasteiger partial charge in [0.2, 0.25) is 5.91 Å². The third kappa shape index (κ3) is 5.49. The van der Waals surface area contributed by atoms with E-state index in [4.69, 9.17) is 16.3 Å². The van der Waals surface area contributed by atoms with Crippen LogP contribution in [0.2, 0.25) is 5.02 Å². The largest absolute Gasteiger partial charge is 0.485 e. The Morgan fingerprint density at radius 1 is 1.12 bits per heavy atom. The summed E-state index contributed by atoms with van der Waals surface area (Å²) in [7, 11) is 0. The Hall–Kier alpha value is -3.29. The molecule has 32 heavy (non-hydrogen) atoms. The number of halogens is 1. The summed E-state index contributed by atoms with van der Waals surface area (Å²) < 4.78 is 7.39. The molecule has 6 nitrogen and oxygen atoms in total. The lowest BCUT2D eigenvalue weighted by Crippen LogP contribution is -2.17. The molecule has 0 aliphatic carbocycles. The van der Waals surface area contributed by atoms with Gasteiger partial charge in [-0.05, 0) is 55.0 Å². The van der Waals surface area contributed by atoms with Crippen molar-refractivity contribution in [1.29, 1.82) is 0 Å². The van der Waals surface area contributed by atoms with Crippen molar-refractivity contribution in [3.8, 4) is 5.75 Å². The molecule has 0 aliphatic rings. The Labute approximate surface area is 194 Å². The summed E-state index contributed by atoms with van der Waals surface area (Å²) in [5.74, 6) is 0.597. The minimum atomic E-state index is -0.168. The predicted molar refractivity (Wildman–Crippen MR) is 128 cm³/mol. The number of nitrogens with zero attached hydrogens (tertiary/aromatic N) is 2. The molecule has 0 aliphatic heterocycles. The minimum absolute atomic E-state index is 0.103. The van der Waals surface area contributed by atoms with E-state index in [-0.39, 0.29) is 23.8 Å². The highest BCUT2D eigenvalue weighted by atomic mass is 35.5. The van der Waals surface area contributed by atoms with Crippen LogP contribution in [0.15, 0.2) is 82.6 Å². The number of hydrogen-bond donors (Lipinski definition) is 1. The van der Waals surface area contributed by atoms with Crippen LogP contribution in [0.3, 0.4) is 0 Å². The molecule has 4 rings (SSSR count). The molecule has 0 saturated heterocycles. The number of para-hydroxylation sites is 2. The number of aryl methyl sites for hydroxylation is 1. The molecule has 1 amide bonds. The molecular weight excluding hydrogens is 446 g/mol. The summed E-state index contributed by atoms with van der Waals surface area (Å²) in [6, 6.07) is 19.6. The van der Waals surface area contributed by atoms with E-state index in [9.17, 15) is 9.59 Å². The highest BCUT2D eigenvalue weighted by molar-refractivity contribution is 8.00. The van der Waals surface area contributed by atoms with Gasteiger partial charge < -0.3 is 10.1 Å². The van der Waals surface area contributed by atoms with E-state index in [1.807, 2.05) is 37.3 Å². The number of thioether (sulfide) groups is 1. The van der Waals surface area contributed by atoms with Gasteiger partial charge in [0.15, 0.2) is 0 Å². The number of rotatable bonds is 7. The SMILES string of the molecule is Cc1ccc2nc(COc3ccccc3NC(=O)CSc3ccc(Cl)cc3)cc(=O)n2c1. The van der Waals surface area contributed by atoms with Gasteiger partial charge in [-0.3, -0.25) is 14.0 Å². The highest BCUT2D eigenvalue weighted by Gasteiger charge is 2.10. The molecule has 2 aromatic carbocycles. The van der Waals surface area contributed by atoms with E-state index in [0.717, 1.165) is 10.5 Å². The summed E-state index contributed by atoms with van der Waals surface area (Å²) in [4.78, 5) is 30.3. The van der Waals surface area contributed by atoms with Crippen molar-refractivity contribution in [3.05, 3.63) is 99.6 Å². The molecule has 1 N–H and O–H groups in total. The number of ether oxygens (including phenoxy) is 1. The van der Waals surface area contributed by atoms with Crippen molar-refractivity contribution >= 4 is 40.6 Å². The quantitative estimate of drug-likeness (QED) is 0.390. The van der Waals surface area contributed by atoms with Crippen LogP contribution in [-0.4, -0.2) is 21.0 Å². The lowest BCUT2D eigenvalue weighted by molar-refractivity contribution is -0.113. The maximum absolute atomic E-state index is 12.4. The van der Waals surface area contributed by atoms with Gasteiger partial charge in [0.25, 0.3) is 5.56 Å². The number of carbonyl (C=O) groups excluding carboxylic acids is 1. The number of carbonyl (C=O) groups is 1. The Morgan fingerprint density at radius 3 is 2.72 bits per heavy atom. The van der Waals surface area contributed by atoms with Crippen LogP contribution in [-0.2, 0) is 11.4 Å². The summed E-state index contributed by atoms with van der Waals surface area (Å²) >= 11 is 7.31. The Kier molecular flexibility index (Phi) is 6.78. The number of aromatic nitrogens is 2. The number of nitrogens with one attached hydrogen (secondary N) is 1. The fourth-order valence-electron chi connectivity index (χ4n) is 3.05. The van der Waals surface area contributed by atoms with Crippen LogP contribution >= 0.6 is 23.4 Å². The average Bonchev–Trinajstić information content (AvgIpc) is 2.79. The van der Waals surface area contributed by atoms with Crippen molar-refractivity contribution in [2.45, 2.75) is 18.4 Å². The maximum atomic E-state index is 12.4. The van der Waals surface area contributed by atoms with Gasteiger partial charge in [0, 0.05) is 22.2 Å². The first-order chi connectivity index (χ1) is 15.5. The first kappa shape index (κ1) is 21.9. The molecule has 0 saturated carbocycles. The first-order valence-corrected chi connectivity index (χ1v) is 11.2. The van der Waals surface area contributed by atoms with Crippen LogP contribution in [0.25, 0.3) is 5.65 Å². The number of amides is 1. The second-order valence-corrected chi connectivity index (χ2v) is 8.58. The van der Waals surface area contributed by atoms with Gasteiger partial charge in [0.05, 0.1) is 17.1 Å². The topological polar surface area (TPSA) is 72.7 Å². The number of benzene rings is 2. The van der Waals surface area contributed by atoms with Crippen LogP contribution in [0.5, 0.6) is 5.75 Å². The lowest BCUT2D eigenvalue weighted by atomic mass is 10.3. The van der Waals surface area contributed by atoms with E-state index < -0.39 is 0 Å². The molecule has 8 heteroatoms. The van der Waals surface area contributed by atoms with Gasteiger partial charge in [-0.25, -0.2) is 4.98 Å². The van der Waals surface area contributed by atoms with Crippen molar-refractivity contribution in [3.63, 3.8) is 0 Å². The zero-order valence-electron chi connectivity index (χ0n) is 17.2. The smallest absolute Gasteiger partial charge is 0.258 e. The fourth-order valence-corrected chi connectivity index (χ4v) is 3.87. The van der Waals surface area contributed by atoms with Gasteiger partial charge >= 0.3 is 0 Å². The van der Waals surface area contributed by atoms with E-state index >= 15 is 0 Å². The molecule has 0 spiro atoms. The highest BCUT2D eigenvalue weighted by Crippen LogP contribution is 2.26. The molecular formula is C24H20ClN3O3S. The first-order valence-electron chi connectivity index (χ1n) is 9.87. The van der Waals surface area contributed by atoms with Crippen molar-refractivity contribution in [1.82, 2.24) is 9.38 Å². The third-order valence-electron chi connectivity index (χ3n) is 4.58. The Bertz CT molecular complexity index is 1320. The van der Waals surface area contributed by atoms with Gasteiger partial charge in [-0.2, -0.15) is 0 Å². The Balaban J connectivity index is 1.41. The van der Waals surface area contributed by atoms with Gasteiger partial charge in [0.1, 0.15) is 18.0 Å². The zero-order valence-corrected chi connectivity index (χ0v) is 18.8. The monoisotopic (exact) mass is 465 g/mol. The van der Waals surface area contributed by atoms with Crippen LogP contribution in [0.1, 0.15) is 11.3 Å². The normalized spacial score (nSPS) is 10.8. The van der Waals surface area contributed by atoms with Crippen LogP contribution in [0, 0.1) is 6.92 Å². The maximum Gasteiger partial charge on any atom is 0.258 e. The second kappa shape index (κ2) is 9.89. The van der Waals surface area contributed by atoms with Crippen LogP contribution in [0.4, 0.5) is 5.69 Å². The molecule has 0 unspecified atom stereocenters. The molecule has 0 fully saturated rings. The van der Waals surface area contributed by atoms with E-state index in [2.05, 4.69) is 10.3 Å². The summed E-state index contributed by atoms with van der Waals surface area (Å²) in [5, 5.41) is 3.53. The van der Waals surface area contributed by atoms with Gasteiger partial charge in [-0.1, -0.05) is 29.8 Å². The van der Waals surface area contributed by atoms with Crippen molar-refractivity contribution in [2.75, 3.05) is 11.1 Å². The van der Waals surface area contributed by atoms with Crippen molar-refractivity contribution < 1.29 is 9.53 Å². The molecule has 2 aromatic heterocycles. The third-order valence-corrected chi connectivity index (χ3v) is 5.84. The van der Waals surface area contributed by atoms with Gasteiger partial charge in [-0.15, -0.1) is 11.8 Å². The standard InChI is InChI=1S/C24H20ClN3O3S/c1-16-6-11-22-26-18(12-24(30)28(22)13-16)14-31-21-5-3-2-4-20(21)27-23(29)15-32-19-9-7-17(25)8-10-19/h2-13H,14-15H2,1H3,(H,27,29). The number of hydrogen-bond acceptors (Lipinski definition) is 5. The van der Waals surface area contributed by atoms with E-state index in [0.29, 0.717) is 27.8 Å². The second-order valence-electron chi connectivity index (χ2n) is 7.10. The molecule has 4 aromatic rings. The molecule has 2 heterocycles. The molecule has 0 radical (unpaired) electrons. The molecule has 162 valence electrons. The fraction of sp³-hybridized carbons (Fsp3) is 0.125. The Morgan fingerprint density at radius 2 is 1.91 bits per heavy atom. The average molecular weight is 466 g/mol. The summed E-state index contributed by atoms with van der Waals surface area (Å²) in [6.07, 6.45) is 1.75. The van der Waals surface area contributed by atoms with Crippen molar-refractivity contribution in [2.24, 2.45) is 0 Å². The lowest BCUT2D eigenvalue weighted by Gasteiger charge is -2.12. The minimum Gasteiger partial charge on any atom is -0.485 e. The van der Waals surface area contributed by atoms with Crippen LogP contribution < -0.4 is 15.6 Å². The van der Waals surface area contributed by atoms with E-state index in [1.54, 1.807) is 36.5 Å². The number of fused-ring (bicyclic) bond motifs is 1. The number of pyridine rings is 1. The summed E-state index contributed by atoms with van der Waals surface area (Å²) in [5.41, 5.74) is 2.44.